The maximum atomic E-state index is 11.9. The number of aryl methyl sites for hydroxylation is 1. The zero-order valence-electron chi connectivity index (χ0n) is 8.93. The van der Waals surface area contributed by atoms with E-state index in [1.165, 1.54) is 0 Å². The number of carbonyl (C=O) groups excluding carboxylic acids is 1. The standard InChI is InChI=1S/C11H13NO3S/c1-16(14,15)11(10(12)13)7-6-8-4-2-3-5-9(8)11/h2-5H,6-7H2,1H3,(H2,12,13). The number of benzene rings is 1. The Morgan fingerprint density at radius 3 is 2.56 bits per heavy atom. The Bertz CT molecular complexity index is 550. The fraction of sp³-hybridized carbons (Fsp3) is 0.364. The maximum Gasteiger partial charge on any atom is 0.243 e. The Balaban J connectivity index is 2.76. The van der Waals surface area contributed by atoms with Gasteiger partial charge < -0.3 is 5.73 Å². The van der Waals surface area contributed by atoms with Gasteiger partial charge in [0.2, 0.25) is 5.91 Å². The predicted octanol–water partition coefficient (Wildman–Crippen LogP) is 0.358. The number of fused-ring (bicyclic) bond motifs is 1. The molecule has 1 aromatic carbocycles. The van der Waals surface area contributed by atoms with Crippen LogP contribution in [0.25, 0.3) is 0 Å². The zero-order chi connectivity index (χ0) is 12.0. The highest BCUT2D eigenvalue weighted by Crippen LogP contribution is 2.42. The number of carbonyl (C=O) groups is 1. The molecule has 1 aromatic rings. The summed E-state index contributed by atoms with van der Waals surface area (Å²) in [5.41, 5.74) is 6.76. The number of sulfone groups is 1. The first-order valence-electron chi connectivity index (χ1n) is 4.97. The topological polar surface area (TPSA) is 77.2 Å². The molecule has 86 valence electrons. The second-order valence-corrected chi connectivity index (χ2v) is 6.36. The van der Waals surface area contributed by atoms with E-state index in [2.05, 4.69) is 0 Å². The zero-order valence-corrected chi connectivity index (χ0v) is 9.75. The molecule has 0 aliphatic heterocycles. The van der Waals surface area contributed by atoms with Crippen LogP contribution in [-0.4, -0.2) is 20.6 Å². The minimum atomic E-state index is -3.55. The first-order valence-corrected chi connectivity index (χ1v) is 6.86. The summed E-state index contributed by atoms with van der Waals surface area (Å²) < 4.78 is 22.2. The summed E-state index contributed by atoms with van der Waals surface area (Å²) in [5, 5.41) is 0. The van der Waals surface area contributed by atoms with E-state index in [0.29, 0.717) is 12.0 Å². The first kappa shape index (κ1) is 11.1. The van der Waals surface area contributed by atoms with Gasteiger partial charge in [0, 0.05) is 6.26 Å². The van der Waals surface area contributed by atoms with Crippen LogP contribution in [0, 0.1) is 0 Å². The molecule has 4 nitrogen and oxygen atoms in total. The number of primary amides is 1. The van der Waals surface area contributed by atoms with Gasteiger partial charge in [0.15, 0.2) is 14.6 Å². The van der Waals surface area contributed by atoms with E-state index in [0.717, 1.165) is 11.8 Å². The van der Waals surface area contributed by atoms with Crippen molar-refractivity contribution in [3.8, 4) is 0 Å². The average molecular weight is 239 g/mol. The van der Waals surface area contributed by atoms with Gasteiger partial charge in [-0.2, -0.15) is 0 Å². The molecule has 0 aromatic heterocycles. The minimum Gasteiger partial charge on any atom is -0.368 e. The molecule has 5 heteroatoms. The van der Waals surface area contributed by atoms with Crippen LogP contribution >= 0.6 is 0 Å². The molecule has 1 aliphatic carbocycles. The van der Waals surface area contributed by atoms with E-state index in [9.17, 15) is 13.2 Å². The van der Waals surface area contributed by atoms with Crippen LogP contribution in [0.2, 0.25) is 0 Å². The third-order valence-corrected chi connectivity index (χ3v) is 5.12. The Morgan fingerprint density at radius 2 is 2.00 bits per heavy atom. The van der Waals surface area contributed by atoms with Gasteiger partial charge in [-0.05, 0) is 24.0 Å². The Kier molecular flexibility index (Phi) is 2.31. The second-order valence-electron chi connectivity index (χ2n) is 4.12. The molecule has 0 spiro atoms. The molecule has 1 unspecified atom stereocenters. The highest BCUT2D eigenvalue weighted by Gasteiger charge is 2.52. The van der Waals surface area contributed by atoms with Crippen molar-refractivity contribution in [2.75, 3.05) is 6.26 Å². The first-order chi connectivity index (χ1) is 7.39. The molecule has 0 saturated heterocycles. The van der Waals surface area contributed by atoms with Gasteiger partial charge in [-0.1, -0.05) is 24.3 Å². The van der Waals surface area contributed by atoms with Gasteiger partial charge in [-0.3, -0.25) is 4.79 Å². The van der Waals surface area contributed by atoms with Gasteiger partial charge in [0.05, 0.1) is 0 Å². The van der Waals surface area contributed by atoms with Gasteiger partial charge in [-0.15, -0.1) is 0 Å². The van der Waals surface area contributed by atoms with Crippen molar-refractivity contribution in [1.82, 2.24) is 0 Å². The van der Waals surface area contributed by atoms with Crippen LogP contribution in [0.3, 0.4) is 0 Å². The normalized spacial score (nSPS) is 24.1. The van der Waals surface area contributed by atoms with Crippen LogP contribution < -0.4 is 5.73 Å². The fourth-order valence-corrected chi connectivity index (χ4v) is 3.84. The van der Waals surface area contributed by atoms with Crippen LogP contribution in [0.15, 0.2) is 24.3 Å². The number of rotatable bonds is 2. The highest BCUT2D eigenvalue weighted by molar-refractivity contribution is 7.92. The van der Waals surface area contributed by atoms with E-state index >= 15 is 0 Å². The van der Waals surface area contributed by atoms with E-state index in [4.69, 9.17) is 5.73 Å². The lowest BCUT2D eigenvalue weighted by Gasteiger charge is -2.24. The molecule has 2 rings (SSSR count). The molecule has 1 amide bonds. The molecular weight excluding hydrogens is 226 g/mol. The Hall–Kier alpha value is -1.36. The van der Waals surface area contributed by atoms with Crippen molar-refractivity contribution in [3.05, 3.63) is 35.4 Å². The monoisotopic (exact) mass is 239 g/mol. The maximum absolute atomic E-state index is 11.9. The van der Waals surface area contributed by atoms with E-state index in [1.54, 1.807) is 12.1 Å². The third kappa shape index (κ3) is 1.28. The van der Waals surface area contributed by atoms with Crippen molar-refractivity contribution in [2.24, 2.45) is 5.73 Å². The fourth-order valence-electron chi connectivity index (χ4n) is 2.40. The molecule has 1 aliphatic rings. The SMILES string of the molecule is CS(=O)(=O)C1(C(N)=O)CCc2ccccc21. The Morgan fingerprint density at radius 1 is 1.38 bits per heavy atom. The number of hydrogen-bond acceptors (Lipinski definition) is 3. The van der Waals surface area contributed by atoms with Crippen molar-refractivity contribution in [2.45, 2.75) is 17.6 Å². The molecule has 0 bridgehead atoms. The van der Waals surface area contributed by atoms with E-state index in [-0.39, 0.29) is 6.42 Å². The molecular formula is C11H13NO3S. The highest BCUT2D eigenvalue weighted by atomic mass is 32.2. The van der Waals surface area contributed by atoms with Gasteiger partial charge in [0.1, 0.15) is 0 Å². The summed E-state index contributed by atoms with van der Waals surface area (Å²) in [6.45, 7) is 0. The Labute approximate surface area is 94.4 Å². The van der Waals surface area contributed by atoms with Crippen molar-refractivity contribution in [1.29, 1.82) is 0 Å². The average Bonchev–Trinajstić information content (AvgIpc) is 2.56. The molecule has 1 atom stereocenters. The quantitative estimate of drug-likeness (QED) is 0.809. The lowest BCUT2D eigenvalue weighted by atomic mass is 10.00. The molecule has 0 saturated carbocycles. The largest absolute Gasteiger partial charge is 0.368 e. The lowest BCUT2D eigenvalue weighted by molar-refractivity contribution is -0.120. The summed E-state index contributed by atoms with van der Waals surface area (Å²) >= 11 is 0. The summed E-state index contributed by atoms with van der Waals surface area (Å²) in [5.74, 6) is -0.778. The van der Waals surface area contributed by atoms with Crippen LogP contribution in [-0.2, 0) is 25.8 Å². The van der Waals surface area contributed by atoms with Gasteiger partial charge >= 0.3 is 0 Å². The second kappa shape index (κ2) is 3.31. The van der Waals surface area contributed by atoms with E-state index in [1.807, 2.05) is 12.1 Å². The molecule has 0 fully saturated rings. The molecule has 0 heterocycles. The van der Waals surface area contributed by atoms with Crippen molar-refractivity contribution < 1.29 is 13.2 Å². The summed E-state index contributed by atoms with van der Waals surface area (Å²) in [6.07, 6.45) is 1.90. The van der Waals surface area contributed by atoms with Crippen molar-refractivity contribution >= 4 is 15.7 Å². The van der Waals surface area contributed by atoms with Gasteiger partial charge in [0.25, 0.3) is 0 Å². The minimum absolute atomic E-state index is 0.251. The molecule has 16 heavy (non-hydrogen) atoms. The van der Waals surface area contributed by atoms with E-state index < -0.39 is 20.5 Å². The summed E-state index contributed by atoms with van der Waals surface area (Å²) in [4.78, 5) is 11.6. The van der Waals surface area contributed by atoms with Crippen LogP contribution in [0.1, 0.15) is 17.5 Å². The number of hydrogen-bond donors (Lipinski definition) is 1. The van der Waals surface area contributed by atoms with Crippen molar-refractivity contribution in [3.63, 3.8) is 0 Å². The predicted molar refractivity (Wildman–Crippen MR) is 60.5 cm³/mol. The number of nitrogens with two attached hydrogens (primary N) is 1. The third-order valence-electron chi connectivity index (χ3n) is 3.23. The smallest absolute Gasteiger partial charge is 0.243 e. The molecule has 0 radical (unpaired) electrons. The number of amides is 1. The van der Waals surface area contributed by atoms with Gasteiger partial charge in [-0.25, -0.2) is 8.42 Å². The lowest BCUT2D eigenvalue weighted by Crippen LogP contribution is -2.45. The summed E-state index contributed by atoms with van der Waals surface area (Å²) in [6, 6.07) is 7.07. The molecule has 2 N–H and O–H groups in total. The van der Waals surface area contributed by atoms with Crippen LogP contribution in [0.4, 0.5) is 0 Å². The summed E-state index contributed by atoms with van der Waals surface area (Å²) in [7, 11) is -3.55. The van der Waals surface area contributed by atoms with Crippen LogP contribution in [0.5, 0.6) is 0 Å².